The minimum atomic E-state index is -0.628. The maximum absolute atomic E-state index is 12.9. The number of hydrogen-bond donors (Lipinski definition) is 2. The van der Waals surface area contributed by atoms with Crippen molar-refractivity contribution in [3.63, 3.8) is 0 Å². The zero-order chi connectivity index (χ0) is 23.1. The monoisotopic (exact) mass is 440 g/mol. The van der Waals surface area contributed by atoms with Crippen LogP contribution in [0.3, 0.4) is 0 Å². The zero-order valence-corrected chi connectivity index (χ0v) is 18.3. The number of piperazine rings is 1. The lowest BCUT2D eigenvalue weighted by Crippen LogP contribution is -2.54. The van der Waals surface area contributed by atoms with Crippen molar-refractivity contribution < 1.29 is 19.2 Å². The molecular formula is C22H28N6O4. The van der Waals surface area contributed by atoms with Crippen LogP contribution >= 0.6 is 0 Å². The molecule has 2 heterocycles. The van der Waals surface area contributed by atoms with Gasteiger partial charge in [-0.05, 0) is 32.0 Å². The van der Waals surface area contributed by atoms with Gasteiger partial charge in [0.2, 0.25) is 5.91 Å². The standard InChI is InChI=1S/C22H28N6O4/c1-16(2)24-20(30)22(32)28-12-10-27(11-13-28)21(31)17-4-3-5-18(14-17)25-19(29)6-8-26-9-7-23-15-26/h3-5,7,9,14-16H,6,8,10-13H2,1-2H3,(H,24,30)(H,25,29). The minimum Gasteiger partial charge on any atom is -0.346 e. The molecule has 1 aromatic carbocycles. The summed E-state index contributed by atoms with van der Waals surface area (Å²) < 4.78 is 1.82. The number of aromatic nitrogens is 2. The summed E-state index contributed by atoms with van der Waals surface area (Å²) in [5.74, 6) is -1.55. The van der Waals surface area contributed by atoms with Crippen LogP contribution in [0.25, 0.3) is 0 Å². The number of imidazole rings is 1. The van der Waals surface area contributed by atoms with E-state index in [2.05, 4.69) is 15.6 Å². The van der Waals surface area contributed by atoms with Gasteiger partial charge in [-0.2, -0.15) is 0 Å². The summed E-state index contributed by atoms with van der Waals surface area (Å²) in [6, 6.07) is 6.67. The summed E-state index contributed by atoms with van der Waals surface area (Å²) in [6.45, 7) is 5.35. The van der Waals surface area contributed by atoms with Crippen LogP contribution in [0.2, 0.25) is 0 Å². The average molecular weight is 441 g/mol. The Balaban J connectivity index is 1.52. The third kappa shape index (κ3) is 6.16. The van der Waals surface area contributed by atoms with Gasteiger partial charge in [-0.1, -0.05) is 6.07 Å². The molecule has 1 saturated heterocycles. The number of aryl methyl sites for hydroxylation is 1. The Bertz CT molecular complexity index is 965. The number of nitrogens with zero attached hydrogens (tertiary/aromatic N) is 4. The third-order valence-corrected chi connectivity index (χ3v) is 5.02. The topological polar surface area (TPSA) is 117 Å². The predicted octanol–water partition coefficient (Wildman–Crippen LogP) is 0.721. The fourth-order valence-electron chi connectivity index (χ4n) is 3.37. The van der Waals surface area contributed by atoms with Gasteiger partial charge in [-0.25, -0.2) is 4.98 Å². The molecule has 1 aliphatic rings. The molecule has 1 fully saturated rings. The van der Waals surface area contributed by atoms with E-state index in [1.165, 1.54) is 4.90 Å². The van der Waals surface area contributed by atoms with Gasteiger partial charge in [0.15, 0.2) is 0 Å². The highest BCUT2D eigenvalue weighted by atomic mass is 16.2. The van der Waals surface area contributed by atoms with Gasteiger partial charge in [0.25, 0.3) is 5.91 Å². The van der Waals surface area contributed by atoms with Crippen LogP contribution in [0.1, 0.15) is 30.6 Å². The summed E-state index contributed by atoms with van der Waals surface area (Å²) in [5.41, 5.74) is 1.00. The normalized spacial score (nSPS) is 13.7. The Kier molecular flexibility index (Phi) is 7.58. The van der Waals surface area contributed by atoms with Gasteiger partial charge in [0.05, 0.1) is 6.33 Å². The molecule has 0 spiro atoms. The van der Waals surface area contributed by atoms with Crippen molar-refractivity contribution >= 4 is 29.3 Å². The molecule has 4 amide bonds. The SMILES string of the molecule is CC(C)NC(=O)C(=O)N1CCN(C(=O)c2cccc(NC(=O)CCn3ccnc3)c2)CC1. The molecule has 0 aliphatic carbocycles. The van der Waals surface area contributed by atoms with Crippen LogP contribution < -0.4 is 10.6 Å². The number of hydrogen-bond acceptors (Lipinski definition) is 5. The van der Waals surface area contributed by atoms with Crippen molar-refractivity contribution in [2.24, 2.45) is 0 Å². The average Bonchev–Trinajstić information content (AvgIpc) is 3.30. The largest absolute Gasteiger partial charge is 0.346 e. The molecule has 2 N–H and O–H groups in total. The second-order valence-electron chi connectivity index (χ2n) is 7.89. The molecule has 0 bridgehead atoms. The van der Waals surface area contributed by atoms with E-state index in [1.807, 2.05) is 4.57 Å². The maximum Gasteiger partial charge on any atom is 0.312 e. The molecule has 32 heavy (non-hydrogen) atoms. The van der Waals surface area contributed by atoms with Gasteiger partial charge < -0.3 is 25.0 Å². The lowest BCUT2D eigenvalue weighted by molar-refractivity contribution is -0.147. The Morgan fingerprint density at radius 1 is 1.06 bits per heavy atom. The van der Waals surface area contributed by atoms with E-state index in [1.54, 1.807) is 61.7 Å². The molecule has 1 aliphatic heterocycles. The first-order valence-electron chi connectivity index (χ1n) is 10.6. The van der Waals surface area contributed by atoms with Crippen molar-refractivity contribution in [3.05, 3.63) is 48.5 Å². The van der Waals surface area contributed by atoms with Gasteiger partial charge >= 0.3 is 11.8 Å². The van der Waals surface area contributed by atoms with Gasteiger partial charge in [0, 0.05) is 68.8 Å². The number of carbonyl (C=O) groups excluding carboxylic acids is 4. The van der Waals surface area contributed by atoms with Crippen molar-refractivity contribution in [1.82, 2.24) is 24.7 Å². The summed E-state index contributed by atoms with van der Waals surface area (Å²) in [5, 5.41) is 5.40. The Hall–Kier alpha value is -3.69. The van der Waals surface area contributed by atoms with Crippen LogP contribution in [0.5, 0.6) is 0 Å². The molecule has 0 radical (unpaired) electrons. The molecule has 3 rings (SSSR count). The molecule has 0 unspecified atom stereocenters. The number of benzene rings is 1. The fourth-order valence-corrected chi connectivity index (χ4v) is 3.37. The fraction of sp³-hybridized carbons (Fsp3) is 0.409. The first-order valence-corrected chi connectivity index (χ1v) is 10.6. The third-order valence-electron chi connectivity index (χ3n) is 5.02. The summed E-state index contributed by atoms with van der Waals surface area (Å²) in [4.78, 5) is 56.3. The second kappa shape index (κ2) is 10.6. The Morgan fingerprint density at radius 2 is 1.78 bits per heavy atom. The van der Waals surface area contributed by atoms with Crippen LogP contribution in [-0.2, 0) is 20.9 Å². The van der Waals surface area contributed by atoms with E-state index in [9.17, 15) is 19.2 Å². The molecule has 10 nitrogen and oxygen atoms in total. The molecule has 10 heteroatoms. The zero-order valence-electron chi connectivity index (χ0n) is 18.3. The summed E-state index contributed by atoms with van der Waals surface area (Å²) in [7, 11) is 0. The van der Waals surface area contributed by atoms with Gasteiger partial charge in [-0.15, -0.1) is 0 Å². The molecule has 0 saturated carbocycles. The minimum absolute atomic E-state index is 0.118. The van der Waals surface area contributed by atoms with E-state index in [-0.39, 0.29) is 24.3 Å². The van der Waals surface area contributed by atoms with E-state index >= 15 is 0 Å². The quantitative estimate of drug-likeness (QED) is 0.642. The number of nitrogens with one attached hydrogen (secondary N) is 2. The maximum atomic E-state index is 12.9. The molecular weight excluding hydrogens is 412 g/mol. The molecule has 0 atom stereocenters. The second-order valence-corrected chi connectivity index (χ2v) is 7.89. The van der Waals surface area contributed by atoms with E-state index < -0.39 is 11.8 Å². The predicted molar refractivity (Wildman–Crippen MR) is 118 cm³/mol. The molecule has 1 aromatic heterocycles. The first kappa shape index (κ1) is 23.0. The number of rotatable bonds is 6. The van der Waals surface area contributed by atoms with Gasteiger partial charge in [0.1, 0.15) is 0 Å². The summed E-state index contributed by atoms with van der Waals surface area (Å²) in [6.07, 6.45) is 5.38. The van der Waals surface area contributed by atoms with Crippen molar-refractivity contribution in [2.45, 2.75) is 32.9 Å². The molecule has 2 aromatic rings. The highest BCUT2D eigenvalue weighted by molar-refractivity contribution is 6.35. The highest BCUT2D eigenvalue weighted by Crippen LogP contribution is 2.15. The van der Waals surface area contributed by atoms with Crippen molar-refractivity contribution in [1.29, 1.82) is 0 Å². The Labute approximate surface area is 186 Å². The van der Waals surface area contributed by atoms with E-state index in [0.717, 1.165) is 0 Å². The smallest absolute Gasteiger partial charge is 0.312 e. The lowest BCUT2D eigenvalue weighted by atomic mass is 10.1. The van der Waals surface area contributed by atoms with Crippen molar-refractivity contribution in [3.8, 4) is 0 Å². The van der Waals surface area contributed by atoms with Crippen molar-refractivity contribution in [2.75, 3.05) is 31.5 Å². The molecule has 170 valence electrons. The van der Waals surface area contributed by atoms with E-state index in [4.69, 9.17) is 0 Å². The number of amides is 4. The van der Waals surface area contributed by atoms with Crippen LogP contribution in [0.4, 0.5) is 5.69 Å². The van der Waals surface area contributed by atoms with E-state index in [0.29, 0.717) is 44.0 Å². The number of anilines is 1. The summed E-state index contributed by atoms with van der Waals surface area (Å²) >= 11 is 0. The van der Waals surface area contributed by atoms with Crippen LogP contribution in [0.15, 0.2) is 43.0 Å². The lowest BCUT2D eigenvalue weighted by Gasteiger charge is -2.34. The van der Waals surface area contributed by atoms with Crippen LogP contribution in [-0.4, -0.2) is 75.2 Å². The highest BCUT2D eigenvalue weighted by Gasteiger charge is 2.28. The Morgan fingerprint density at radius 3 is 2.44 bits per heavy atom. The van der Waals surface area contributed by atoms with Crippen LogP contribution in [0, 0.1) is 0 Å². The van der Waals surface area contributed by atoms with Gasteiger partial charge in [-0.3, -0.25) is 19.2 Å². The first-order chi connectivity index (χ1) is 15.3. The number of carbonyl (C=O) groups is 4.